The maximum atomic E-state index is 13.1. The van der Waals surface area contributed by atoms with Gasteiger partial charge in [-0.25, -0.2) is 0 Å². The smallest absolute Gasteiger partial charge is 0.405 e. The lowest BCUT2D eigenvalue weighted by atomic mass is 9.73. The quantitative estimate of drug-likeness (QED) is 0.554. The maximum absolute atomic E-state index is 13.1. The van der Waals surface area contributed by atoms with E-state index in [0.717, 1.165) is 0 Å². The number of carbonyl (C=O) groups excluding carboxylic acids is 1. The van der Waals surface area contributed by atoms with Gasteiger partial charge in [0, 0.05) is 11.8 Å². The predicted octanol–water partition coefficient (Wildman–Crippen LogP) is 2.03. The van der Waals surface area contributed by atoms with E-state index in [0.29, 0.717) is 6.42 Å². The fourth-order valence-electron chi connectivity index (χ4n) is 3.69. The van der Waals surface area contributed by atoms with Gasteiger partial charge < -0.3 is 9.47 Å². The van der Waals surface area contributed by atoms with Crippen molar-refractivity contribution in [3.05, 3.63) is 12.8 Å². The lowest BCUT2D eigenvalue weighted by Crippen LogP contribution is -2.48. The van der Waals surface area contributed by atoms with Crippen molar-refractivity contribution >= 4 is 5.97 Å². The molecule has 6 heteroatoms. The summed E-state index contributed by atoms with van der Waals surface area (Å²) in [5.41, 5.74) is -2.27. The van der Waals surface area contributed by atoms with Gasteiger partial charge >= 0.3 is 12.1 Å². The molecule has 3 nitrogen and oxygen atoms in total. The Morgan fingerprint density at radius 2 is 2.24 bits per heavy atom. The minimum Gasteiger partial charge on any atom is -0.494 e. The van der Waals surface area contributed by atoms with Crippen molar-refractivity contribution < 1.29 is 27.4 Å². The van der Waals surface area contributed by atoms with E-state index in [2.05, 4.69) is 6.58 Å². The molecule has 2 saturated carbocycles. The molecule has 0 aromatic rings. The molecule has 0 N–H and O–H groups in total. The lowest BCUT2D eigenvalue weighted by Gasteiger charge is -2.32. The van der Waals surface area contributed by atoms with Gasteiger partial charge in [-0.3, -0.25) is 4.79 Å². The molecule has 1 heterocycles. The van der Waals surface area contributed by atoms with Crippen LogP contribution in [-0.2, 0) is 14.3 Å². The summed E-state index contributed by atoms with van der Waals surface area (Å²) in [6.45, 7) is 3.39. The van der Waals surface area contributed by atoms with Crippen molar-refractivity contribution in [3.8, 4) is 0 Å². The highest BCUT2D eigenvalue weighted by molar-refractivity contribution is 5.82. The Morgan fingerprint density at radius 3 is 2.82 bits per heavy atom. The van der Waals surface area contributed by atoms with Gasteiger partial charge in [-0.1, -0.05) is 6.58 Å². The van der Waals surface area contributed by atoms with E-state index in [9.17, 15) is 18.0 Å². The molecule has 1 aliphatic heterocycles. The zero-order valence-electron chi connectivity index (χ0n) is 8.87. The lowest BCUT2D eigenvalue weighted by molar-refractivity contribution is -0.230. The van der Waals surface area contributed by atoms with Crippen LogP contribution in [0.3, 0.4) is 0 Å². The van der Waals surface area contributed by atoms with Gasteiger partial charge in [0.15, 0.2) is 5.41 Å². The number of halogens is 3. The normalized spacial score (nSPS) is 47.1. The molecule has 0 spiro atoms. The molecule has 94 valence electrons. The Bertz CT molecular complexity index is 392. The van der Waals surface area contributed by atoms with Crippen molar-refractivity contribution in [1.82, 2.24) is 0 Å². The molecule has 0 radical (unpaired) electrons. The fraction of sp³-hybridized carbons (Fsp3) is 0.727. The Morgan fingerprint density at radius 1 is 1.53 bits per heavy atom. The molecule has 17 heavy (non-hydrogen) atoms. The number of carbonyl (C=O) groups is 1. The molecule has 0 aromatic carbocycles. The van der Waals surface area contributed by atoms with E-state index in [1.54, 1.807) is 0 Å². The third-order valence-electron chi connectivity index (χ3n) is 4.33. The Hall–Kier alpha value is -1.20. The van der Waals surface area contributed by atoms with Crippen molar-refractivity contribution in [2.24, 2.45) is 17.3 Å². The molecule has 2 aliphatic carbocycles. The number of alkyl halides is 3. The number of fused-ring (bicyclic) bond motifs is 1. The number of esters is 1. The minimum atomic E-state index is -4.53. The topological polar surface area (TPSA) is 35.5 Å². The molecule has 5 atom stereocenters. The van der Waals surface area contributed by atoms with Gasteiger partial charge in [0.2, 0.25) is 0 Å². The van der Waals surface area contributed by atoms with Gasteiger partial charge in [0.1, 0.15) is 12.2 Å². The van der Waals surface area contributed by atoms with Crippen LogP contribution in [0.25, 0.3) is 0 Å². The average molecular weight is 248 g/mol. The first-order valence-corrected chi connectivity index (χ1v) is 5.46. The van der Waals surface area contributed by atoms with Gasteiger partial charge in [0.25, 0.3) is 0 Å². The third kappa shape index (κ3) is 1.06. The molecule has 3 aliphatic rings. The summed E-state index contributed by atoms with van der Waals surface area (Å²) in [5.74, 6) is -2.18. The second-order valence-electron chi connectivity index (χ2n) is 4.91. The van der Waals surface area contributed by atoms with E-state index >= 15 is 0 Å². The first-order valence-electron chi connectivity index (χ1n) is 5.46. The maximum Gasteiger partial charge on any atom is 0.405 e. The first kappa shape index (κ1) is 10.9. The van der Waals surface area contributed by atoms with E-state index < -0.39 is 35.7 Å². The van der Waals surface area contributed by atoms with Crippen LogP contribution in [0, 0.1) is 17.3 Å². The predicted molar refractivity (Wildman–Crippen MR) is 49.7 cm³/mol. The number of hydrogen-bond donors (Lipinski definition) is 0. The van der Waals surface area contributed by atoms with Crippen LogP contribution in [0.2, 0.25) is 0 Å². The Balaban J connectivity index is 2.00. The Labute approximate surface area is 95.6 Å². The summed E-state index contributed by atoms with van der Waals surface area (Å²) in [7, 11) is 0. The summed E-state index contributed by atoms with van der Waals surface area (Å²) in [5, 5.41) is 0. The zero-order chi connectivity index (χ0) is 12.4. The standard InChI is InChI=1S/C11H11F3O3/c1-2-16-7-5-3-6-8(7)17-9(15)10(6,4-5)11(12,13)14/h2,5-8H,1,3-4H2. The van der Waals surface area contributed by atoms with E-state index in [1.807, 2.05) is 0 Å². The molecule has 1 saturated heterocycles. The van der Waals surface area contributed by atoms with Gasteiger partial charge in [-0.05, 0) is 12.8 Å². The summed E-state index contributed by atoms with van der Waals surface area (Å²) in [4.78, 5) is 11.6. The summed E-state index contributed by atoms with van der Waals surface area (Å²) < 4.78 is 49.4. The Kier molecular flexibility index (Phi) is 1.91. The van der Waals surface area contributed by atoms with Crippen LogP contribution >= 0.6 is 0 Å². The first-order chi connectivity index (χ1) is 7.91. The minimum absolute atomic E-state index is 0.213. The molecule has 2 bridgehead atoms. The van der Waals surface area contributed by atoms with Crippen molar-refractivity contribution in [3.63, 3.8) is 0 Å². The zero-order valence-corrected chi connectivity index (χ0v) is 8.87. The number of ether oxygens (including phenoxy) is 2. The average Bonchev–Trinajstić information content (AvgIpc) is 2.79. The fourth-order valence-corrected chi connectivity index (χ4v) is 3.69. The van der Waals surface area contributed by atoms with Crippen LogP contribution in [-0.4, -0.2) is 24.4 Å². The number of hydrogen-bond acceptors (Lipinski definition) is 3. The van der Waals surface area contributed by atoms with Gasteiger partial charge in [-0.15, -0.1) is 0 Å². The summed E-state index contributed by atoms with van der Waals surface area (Å²) in [6.07, 6.45) is -4.42. The van der Waals surface area contributed by atoms with Gasteiger partial charge in [0.05, 0.1) is 6.26 Å². The highest BCUT2D eigenvalue weighted by Crippen LogP contribution is 2.67. The van der Waals surface area contributed by atoms with E-state index in [-0.39, 0.29) is 12.3 Å². The molecular weight excluding hydrogens is 237 g/mol. The van der Waals surface area contributed by atoms with E-state index in [1.165, 1.54) is 6.26 Å². The van der Waals surface area contributed by atoms with Crippen LogP contribution in [0.15, 0.2) is 12.8 Å². The van der Waals surface area contributed by atoms with Crippen molar-refractivity contribution in [2.75, 3.05) is 0 Å². The van der Waals surface area contributed by atoms with Gasteiger partial charge in [-0.2, -0.15) is 13.2 Å². The van der Waals surface area contributed by atoms with Crippen LogP contribution < -0.4 is 0 Å². The summed E-state index contributed by atoms with van der Waals surface area (Å²) in [6, 6.07) is 0. The highest BCUT2D eigenvalue weighted by Gasteiger charge is 2.80. The molecule has 3 fully saturated rings. The molecule has 5 unspecified atom stereocenters. The van der Waals surface area contributed by atoms with Crippen LogP contribution in [0.4, 0.5) is 13.2 Å². The van der Waals surface area contributed by atoms with E-state index in [4.69, 9.17) is 9.47 Å². The third-order valence-corrected chi connectivity index (χ3v) is 4.33. The molecule has 0 amide bonds. The molecule has 3 rings (SSSR count). The second kappa shape index (κ2) is 2.97. The van der Waals surface area contributed by atoms with Crippen LogP contribution in [0.1, 0.15) is 12.8 Å². The van der Waals surface area contributed by atoms with Crippen LogP contribution in [0.5, 0.6) is 0 Å². The summed E-state index contributed by atoms with van der Waals surface area (Å²) >= 11 is 0. The molecular formula is C11H11F3O3. The number of rotatable bonds is 2. The van der Waals surface area contributed by atoms with Crippen molar-refractivity contribution in [2.45, 2.75) is 31.2 Å². The monoisotopic (exact) mass is 248 g/mol. The SMILES string of the molecule is C=COC1C2CC3C1OC(=O)C3(C(F)(F)F)C2. The molecule has 0 aromatic heterocycles. The van der Waals surface area contributed by atoms with Crippen molar-refractivity contribution in [1.29, 1.82) is 0 Å². The largest absolute Gasteiger partial charge is 0.494 e. The second-order valence-corrected chi connectivity index (χ2v) is 4.91. The highest BCUT2D eigenvalue weighted by atomic mass is 19.4.